The van der Waals surface area contributed by atoms with Crippen molar-refractivity contribution in [3.8, 4) is 0 Å². The van der Waals surface area contributed by atoms with Crippen LogP contribution in [-0.4, -0.2) is 9.55 Å². The Morgan fingerprint density at radius 3 is 3.00 bits per heavy atom. The molecule has 0 bridgehead atoms. The van der Waals surface area contributed by atoms with Crippen molar-refractivity contribution in [1.82, 2.24) is 9.55 Å². The number of nitrogens with two attached hydrogens (primary N) is 1. The summed E-state index contributed by atoms with van der Waals surface area (Å²) in [6.45, 7) is 2.28. The molecule has 0 aliphatic carbocycles. The number of thiophene rings is 1. The third-order valence-electron chi connectivity index (χ3n) is 2.25. The van der Waals surface area contributed by atoms with Gasteiger partial charge in [0.2, 0.25) is 0 Å². The number of hydrogen-bond acceptors (Lipinski definition) is 4. The van der Waals surface area contributed by atoms with Crippen LogP contribution < -0.4 is 11.3 Å². The fourth-order valence-corrected chi connectivity index (χ4v) is 2.26. The van der Waals surface area contributed by atoms with Gasteiger partial charge in [0.15, 0.2) is 0 Å². The number of aryl methyl sites for hydroxylation is 1. The van der Waals surface area contributed by atoms with E-state index in [-0.39, 0.29) is 5.56 Å². The molecule has 2 aromatic rings. The van der Waals surface area contributed by atoms with Crippen LogP contribution >= 0.6 is 11.3 Å². The van der Waals surface area contributed by atoms with E-state index in [4.69, 9.17) is 5.73 Å². The van der Waals surface area contributed by atoms with Crippen LogP contribution in [0.15, 0.2) is 10.9 Å². The Bertz CT molecular complexity index is 541. The third kappa shape index (κ3) is 1.25. The predicted molar refractivity (Wildman–Crippen MR) is 57.5 cm³/mol. The summed E-state index contributed by atoms with van der Waals surface area (Å²) < 4.78 is 1.55. The predicted octanol–water partition coefficient (Wildman–Crippen LogP) is 0.762. The zero-order chi connectivity index (χ0) is 10.3. The van der Waals surface area contributed by atoms with E-state index in [0.717, 1.165) is 15.5 Å². The van der Waals surface area contributed by atoms with Crippen molar-refractivity contribution in [3.63, 3.8) is 0 Å². The Morgan fingerprint density at radius 2 is 2.36 bits per heavy atom. The van der Waals surface area contributed by atoms with Crippen LogP contribution in [0.3, 0.4) is 0 Å². The molecule has 0 saturated heterocycles. The van der Waals surface area contributed by atoms with Crippen LogP contribution in [-0.2, 0) is 13.6 Å². The summed E-state index contributed by atoms with van der Waals surface area (Å²) in [5.74, 6) is 0.730. The van der Waals surface area contributed by atoms with Crippen LogP contribution in [0.25, 0.3) is 10.2 Å². The zero-order valence-corrected chi connectivity index (χ0v) is 8.89. The first-order chi connectivity index (χ1) is 6.63. The van der Waals surface area contributed by atoms with Gasteiger partial charge < -0.3 is 5.73 Å². The second-order valence-corrected chi connectivity index (χ2v) is 4.27. The molecule has 14 heavy (non-hydrogen) atoms. The molecule has 0 unspecified atom stereocenters. The van der Waals surface area contributed by atoms with Gasteiger partial charge in [-0.1, -0.05) is 0 Å². The monoisotopic (exact) mass is 209 g/mol. The molecule has 0 saturated carbocycles. The van der Waals surface area contributed by atoms with Crippen molar-refractivity contribution in [2.24, 2.45) is 12.8 Å². The molecule has 2 aromatic heterocycles. The van der Waals surface area contributed by atoms with Crippen molar-refractivity contribution in [3.05, 3.63) is 27.1 Å². The molecule has 0 aromatic carbocycles. The maximum Gasteiger partial charge on any atom is 0.262 e. The van der Waals surface area contributed by atoms with E-state index in [1.165, 1.54) is 11.3 Å². The van der Waals surface area contributed by atoms with E-state index in [1.807, 2.05) is 13.0 Å². The van der Waals surface area contributed by atoms with Crippen LogP contribution in [0.1, 0.15) is 10.7 Å². The molecule has 2 heterocycles. The minimum Gasteiger partial charge on any atom is -0.326 e. The van der Waals surface area contributed by atoms with Gasteiger partial charge in [-0.25, -0.2) is 4.98 Å². The molecule has 0 aliphatic heterocycles. The lowest BCUT2D eigenvalue weighted by Gasteiger charge is -2.00. The standard InChI is InChI=1S/C9H11N3OS/c1-5-11-8-7(9(13)12(5)2)3-6(4-10)14-8/h3H,4,10H2,1-2H3. The van der Waals surface area contributed by atoms with Gasteiger partial charge in [0, 0.05) is 18.5 Å². The second kappa shape index (κ2) is 3.18. The summed E-state index contributed by atoms with van der Waals surface area (Å²) in [6, 6.07) is 1.83. The molecule has 0 atom stereocenters. The van der Waals surface area contributed by atoms with Crippen molar-refractivity contribution >= 4 is 21.6 Å². The molecular formula is C9H11N3OS. The zero-order valence-electron chi connectivity index (χ0n) is 8.07. The number of hydrogen-bond donors (Lipinski definition) is 1. The maximum absolute atomic E-state index is 11.8. The summed E-state index contributed by atoms with van der Waals surface area (Å²) in [6.07, 6.45) is 0. The Labute approximate surface area is 85.0 Å². The first kappa shape index (κ1) is 9.36. The summed E-state index contributed by atoms with van der Waals surface area (Å²) in [4.78, 5) is 17.9. The van der Waals surface area contributed by atoms with Gasteiger partial charge in [-0.05, 0) is 13.0 Å². The number of fused-ring (bicyclic) bond motifs is 1. The highest BCUT2D eigenvalue weighted by atomic mass is 32.1. The summed E-state index contributed by atoms with van der Waals surface area (Å²) in [5, 5.41) is 0.670. The Hall–Kier alpha value is -1.20. The van der Waals surface area contributed by atoms with E-state index in [2.05, 4.69) is 4.98 Å². The molecule has 5 heteroatoms. The molecule has 74 valence electrons. The number of rotatable bonds is 1. The van der Waals surface area contributed by atoms with Crippen LogP contribution in [0, 0.1) is 6.92 Å². The van der Waals surface area contributed by atoms with Gasteiger partial charge in [-0.2, -0.15) is 0 Å². The minimum atomic E-state index is 0.00319. The van der Waals surface area contributed by atoms with E-state index in [1.54, 1.807) is 11.6 Å². The highest BCUT2D eigenvalue weighted by Gasteiger charge is 2.08. The van der Waals surface area contributed by atoms with E-state index in [0.29, 0.717) is 11.9 Å². The lowest BCUT2D eigenvalue weighted by molar-refractivity contribution is 0.794. The topological polar surface area (TPSA) is 60.9 Å². The molecule has 0 spiro atoms. The van der Waals surface area contributed by atoms with Gasteiger partial charge in [0.1, 0.15) is 10.7 Å². The van der Waals surface area contributed by atoms with E-state index >= 15 is 0 Å². The fraction of sp³-hybridized carbons (Fsp3) is 0.333. The van der Waals surface area contributed by atoms with Crippen molar-refractivity contribution in [2.75, 3.05) is 0 Å². The Kier molecular flexibility index (Phi) is 2.13. The second-order valence-electron chi connectivity index (χ2n) is 3.16. The molecular weight excluding hydrogens is 198 g/mol. The molecule has 2 N–H and O–H groups in total. The van der Waals surface area contributed by atoms with Gasteiger partial charge >= 0.3 is 0 Å². The maximum atomic E-state index is 11.8. The average Bonchev–Trinajstić information content (AvgIpc) is 2.57. The smallest absolute Gasteiger partial charge is 0.262 e. The lowest BCUT2D eigenvalue weighted by atomic mass is 10.3. The summed E-state index contributed by atoms with van der Waals surface area (Å²) in [7, 11) is 1.73. The molecule has 0 fully saturated rings. The summed E-state index contributed by atoms with van der Waals surface area (Å²) in [5.41, 5.74) is 5.52. The van der Waals surface area contributed by atoms with Crippen LogP contribution in [0.4, 0.5) is 0 Å². The lowest BCUT2D eigenvalue weighted by Crippen LogP contribution is -2.19. The highest BCUT2D eigenvalue weighted by Crippen LogP contribution is 2.20. The average molecular weight is 209 g/mol. The summed E-state index contributed by atoms with van der Waals surface area (Å²) >= 11 is 1.48. The van der Waals surface area contributed by atoms with Crippen LogP contribution in [0.5, 0.6) is 0 Å². The van der Waals surface area contributed by atoms with E-state index in [9.17, 15) is 4.79 Å². The highest BCUT2D eigenvalue weighted by molar-refractivity contribution is 7.18. The number of aromatic nitrogens is 2. The Morgan fingerprint density at radius 1 is 1.64 bits per heavy atom. The van der Waals surface area contributed by atoms with Gasteiger partial charge in [-0.3, -0.25) is 9.36 Å². The molecule has 0 amide bonds. The number of nitrogens with zero attached hydrogens (tertiary/aromatic N) is 2. The first-order valence-electron chi connectivity index (χ1n) is 4.29. The van der Waals surface area contributed by atoms with Gasteiger partial charge in [0.25, 0.3) is 5.56 Å². The largest absolute Gasteiger partial charge is 0.326 e. The van der Waals surface area contributed by atoms with E-state index < -0.39 is 0 Å². The fourth-order valence-electron chi connectivity index (χ4n) is 1.32. The SMILES string of the molecule is Cc1nc2sc(CN)cc2c(=O)n1C. The molecule has 2 rings (SSSR count). The molecule has 4 nitrogen and oxygen atoms in total. The minimum absolute atomic E-state index is 0.00319. The van der Waals surface area contributed by atoms with Gasteiger partial charge in [-0.15, -0.1) is 11.3 Å². The van der Waals surface area contributed by atoms with Crippen molar-refractivity contribution in [2.45, 2.75) is 13.5 Å². The first-order valence-corrected chi connectivity index (χ1v) is 5.11. The quantitative estimate of drug-likeness (QED) is 0.754. The van der Waals surface area contributed by atoms with Crippen LogP contribution in [0.2, 0.25) is 0 Å². The Balaban J connectivity index is 2.88. The van der Waals surface area contributed by atoms with Crippen molar-refractivity contribution in [1.29, 1.82) is 0 Å². The molecule has 0 radical (unpaired) electrons. The van der Waals surface area contributed by atoms with Gasteiger partial charge in [0.05, 0.1) is 5.39 Å². The van der Waals surface area contributed by atoms with Crippen molar-refractivity contribution < 1.29 is 0 Å². The third-order valence-corrected chi connectivity index (χ3v) is 3.30. The normalized spacial score (nSPS) is 11.1. The molecule has 0 aliphatic rings.